The van der Waals surface area contributed by atoms with Crippen molar-refractivity contribution in [1.29, 1.82) is 0 Å². The fourth-order valence-corrected chi connectivity index (χ4v) is 4.48. The summed E-state index contributed by atoms with van der Waals surface area (Å²) in [5.74, 6) is 0.679. The molecule has 2 aromatic carbocycles. The average molecular weight is 451 g/mol. The van der Waals surface area contributed by atoms with Crippen molar-refractivity contribution in [2.75, 3.05) is 38.8 Å². The van der Waals surface area contributed by atoms with Gasteiger partial charge in [-0.2, -0.15) is 4.68 Å². The zero-order valence-corrected chi connectivity index (χ0v) is 19.0. The summed E-state index contributed by atoms with van der Waals surface area (Å²) < 4.78 is 20.0. The van der Waals surface area contributed by atoms with Gasteiger partial charge >= 0.3 is 6.01 Å². The smallest absolute Gasteiger partial charge is 0.341 e. The Bertz CT molecular complexity index is 1040. The number of benzene rings is 2. The van der Waals surface area contributed by atoms with Crippen LogP contribution in [0, 0.1) is 0 Å². The van der Waals surface area contributed by atoms with Crippen LogP contribution in [0.4, 0.5) is 5.69 Å². The van der Waals surface area contributed by atoms with E-state index in [1.807, 2.05) is 49.3 Å². The molecule has 0 aliphatic carbocycles. The van der Waals surface area contributed by atoms with Crippen LogP contribution in [0.1, 0.15) is 18.0 Å². The van der Waals surface area contributed by atoms with Crippen LogP contribution in [0.3, 0.4) is 0 Å². The molecule has 174 valence electrons. The number of nitrogens with one attached hydrogen (secondary N) is 1. The number of anilines is 1. The first-order valence-corrected chi connectivity index (χ1v) is 11.4. The molecule has 1 N–H and O–H groups in total. The summed E-state index contributed by atoms with van der Waals surface area (Å²) in [6.45, 7) is 2.01. The van der Waals surface area contributed by atoms with Gasteiger partial charge in [0.15, 0.2) is 0 Å². The third kappa shape index (κ3) is 4.85. The predicted molar refractivity (Wildman–Crippen MR) is 124 cm³/mol. The molecule has 9 heteroatoms. The molecule has 1 aromatic heterocycles. The topological polar surface area (TPSA) is 86.6 Å². The lowest BCUT2D eigenvalue weighted by Crippen LogP contribution is -2.41. The minimum Gasteiger partial charge on any atom is -0.423 e. The Morgan fingerprint density at radius 1 is 1.06 bits per heavy atom. The van der Waals surface area contributed by atoms with Crippen LogP contribution in [0.2, 0.25) is 0 Å². The molecule has 2 aliphatic rings. The van der Waals surface area contributed by atoms with E-state index >= 15 is 0 Å². The van der Waals surface area contributed by atoms with Crippen molar-refractivity contribution >= 4 is 5.69 Å². The van der Waals surface area contributed by atoms with E-state index in [1.165, 1.54) is 5.56 Å². The Labute approximate surface area is 193 Å². The van der Waals surface area contributed by atoms with Crippen LogP contribution in [0.15, 0.2) is 54.6 Å². The van der Waals surface area contributed by atoms with Crippen molar-refractivity contribution in [3.63, 3.8) is 0 Å². The van der Waals surface area contributed by atoms with Crippen molar-refractivity contribution in [2.45, 2.75) is 37.1 Å². The van der Waals surface area contributed by atoms with Crippen molar-refractivity contribution < 1.29 is 14.2 Å². The Morgan fingerprint density at radius 2 is 1.91 bits per heavy atom. The lowest BCUT2D eigenvalue weighted by Gasteiger charge is -2.18. The van der Waals surface area contributed by atoms with Crippen LogP contribution >= 0.6 is 0 Å². The van der Waals surface area contributed by atoms with Gasteiger partial charge in [-0.25, -0.2) is 0 Å². The zero-order chi connectivity index (χ0) is 22.6. The standard InChI is InChI=1S/C24H30N6O3/c1-29(2)18-11-6-12-19(14-18)33-24-26-27-28-30(24)21-16-32-22-20(15-31-23(21)22)25-13-7-10-17-8-4-3-5-9-17/h3-6,8-9,11-12,14,20-23,25H,7,10,13,15-16H2,1-2H3/t20-,21-,22+,23+/m0/s1. The van der Waals surface area contributed by atoms with E-state index in [2.05, 4.69) is 45.1 Å². The number of nitrogens with zero attached hydrogens (tertiary/aromatic N) is 5. The molecule has 2 aliphatic heterocycles. The molecule has 2 saturated heterocycles. The number of aromatic nitrogens is 4. The van der Waals surface area contributed by atoms with Gasteiger partial charge in [0.25, 0.3) is 0 Å². The largest absolute Gasteiger partial charge is 0.423 e. The molecule has 3 aromatic rings. The third-order valence-electron chi connectivity index (χ3n) is 6.24. The van der Waals surface area contributed by atoms with Crippen molar-refractivity contribution in [1.82, 2.24) is 25.5 Å². The van der Waals surface area contributed by atoms with Crippen molar-refractivity contribution in [3.05, 3.63) is 60.2 Å². The third-order valence-corrected chi connectivity index (χ3v) is 6.24. The highest BCUT2D eigenvalue weighted by molar-refractivity contribution is 5.49. The maximum absolute atomic E-state index is 6.13. The van der Waals surface area contributed by atoms with Gasteiger partial charge in [-0.3, -0.25) is 0 Å². The molecule has 0 radical (unpaired) electrons. The SMILES string of the molecule is CN(C)c1cccc(Oc2nnnn2[C@H]2CO[C@H]3[C@@H]2OC[C@@H]3NCCCc2ccccc2)c1. The van der Waals surface area contributed by atoms with E-state index in [9.17, 15) is 0 Å². The Morgan fingerprint density at radius 3 is 2.76 bits per heavy atom. The van der Waals surface area contributed by atoms with E-state index in [0.717, 1.165) is 25.1 Å². The van der Waals surface area contributed by atoms with Crippen molar-refractivity contribution in [3.8, 4) is 11.8 Å². The van der Waals surface area contributed by atoms with Gasteiger partial charge in [0, 0.05) is 25.8 Å². The normalized spacial score (nSPS) is 24.1. The first kappa shape index (κ1) is 21.8. The second-order valence-electron chi connectivity index (χ2n) is 8.71. The van der Waals surface area contributed by atoms with Crippen LogP contribution in [0.5, 0.6) is 11.8 Å². The second kappa shape index (κ2) is 9.86. The van der Waals surface area contributed by atoms with E-state index in [4.69, 9.17) is 14.2 Å². The van der Waals surface area contributed by atoms with Gasteiger partial charge in [-0.1, -0.05) is 41.5 Å². The summed E-state index contributed by atoms with van der Waals surface area (Å²) in [5.41, 5.74) is 2.40. The number of ether oxygens (including phenoxy) is 3. The van der Waals surface area contributed by atoms with E-state index < -0.39 is 0 Å². The van der Waals surface area contributed by atoms with Gasteiger partial charge in [-0.15, -0.1) is 0 Å². The van der Waals surface area contributed by atoms with Crippen molar-refractivity contribution in [2.24, 2.45) is 0 Å². The first-order valence-electron chi connectivity index (χ1n) is 11.4. The summed E-state index contributed by atoms with van der Waals surface area (Å²) in [7, 11) is 3.98. The molecule has 0 unspecified atom stereocenters. The minimum absolute atomic E-state index is 0.0270. The molecule has 2 fully saturated rings. The summed E-state index contributed by atoms with van der Waals surface area (Å²) in [4.78, 5) is 2.02. The zero-order valence-electron chi connectivity index (χ0n) is 19.0. The number of hydrogen-bond acceptors (Lipinski definition) is 8. The molecular formula is C24H30N6O3. The number of aryl methyl sites for hydroxylation is 1. The monoisotopic (exact) mass is 450 g/mol. The Hall–Kier alpha value is -3.01. The van der Waals surface area contributed by atoms with Gasteiger partial charge in [0.2, 0.25) is 0 Å². The second-order valence-corrected chi connectivity index (χ2v) is 8.71. The van der Waals surface area contributed by atoms with E-state index in [0.29, 0.717) is 25.0 Å². The molecule has 5 rings (SSSR count). The van der Waals surface area contributed by atoms with E-state index in [-0.39, 0.29) is 24.3 Å². The average Bonchev–Trinajstić information content (AvgIpc) is 3.55. The summed E-state index contributed by atoms with van der Waals surface area (Å²) in [5, 5.41) is 15.7. The first-order chi connectivity index (χ1) is 16.2. The highest BCUT2D eigenvalue weighted by Gasteiger charge is 2.49. The molecule has 4 atom stereocenters. The van der Waals surface area contributed by atoms with Crippen LogP contribution in [-0.4, -0.2) is 72.3 Å². The highest BCUT2D eigenvalue weighted by atomic mass is 16.6. The fraction of sp³-hybridized carbons (Fsp3) is 0.458. The maximum atomic E-state index is 6.13. The van der Waals surface area contributed by atoms with Crippen LogP contribution in [-0.2, 0) is 15.9 Å². The summed E-state index contributed by atoms with van der Waals surface area (Å²) >= 11 is 0. The molecule has 0 spiro atoms. The summed E-state index contributed by atoms with van der Waals surface area (Å²) in [6.07, 6.45) is 1.98. The maximum Gasteiger partial charge on any atom is 0.341 e. The molecule has 0 amide bonds. The Balaban J connectivity index is 1.18. The molecule has 0 bridgehead atoms. The minimum atomic E-state index is -0.131. The molecular weight excluding hydrogens is 420 g/mol. The quantitative estimate of drug-likeness (QED) is 0.498. The molecule has 0 saturated carbocycles. The predicted octanol–water partition coefficient (Wildman–Crippen LogP) is 2.46. The fourth-order valence-electron chi connectivity index (χ4n) is 4.48. The number of fused-ring (bicyclic) bond motifs is 1. The molecule has 33 heavy (non-hydrogen) atoms. The lowest BCUT2D eigenvalue weighted by molar-refractivity contribution is 0.0611. The number of rotatable bonds is 9. The lowest BCUT2D eigenvalue weighted by atomic mass is 10.1. The van der Waals surface area contributed by atoms with E-state index in [1.54, 1.807) is 4.68 Å². The van der Waals surface area contributed by atoms with Crippen LogP contribution < -0.4 is 15.0 Å². The molecule has 3 heterocycles. The van der Waals surface area contributed by atoms with Crippen LogP contribution in [0.25, 0.3) is 0 Å². The number of hydrogen-bond donors (Lipinski definition) is 1. The van der Waals surface area contributed by atoms with Gasteiger partial charge in [0.05, 0.1) is 19.3 Å². The summed E-state index contributed by atoms with van der Waals surface area (Å²) in [6, 6.07) is 18.7. The molecule has 9 nitrogen and oxygen atoms in total. The Kier molecular flexibility index (Phi) is 6.52. The van der Waals surface area contributed by atoms with Gasteiger partial charge < -0.3 is 24.4 Å². The number of tetrazole rings is 1. The van der Waals surface area contributed by atoms with Gasteiger partial charge in [0.1, 0.15) is 24.0 Å². The highest BCUT2D eigenvalue weighted by Crippen LogP contribution is 2.36. The van der Waals surface area contributed by atoms with Gasteiger partial charge in [-0.05, 0) is 47.5 Å².